The van der Waals surface area contributed by atoms with E-state index in [1.807, 2.05) is 6.07 Å². The van der Waals surface area contributed by atoms with Crippen LogP contribution in [0.5, 0.6) is 0 Å². The maximum absolute atomic E-state index is 5.97. The van der Waals surface area contributed by atoms with E-state index in [0.29, 0.717) is 5.92 Å². The Bertz CT molecular complexity index is 283. The lowest BCUT2D eigenvalue weighted by Gasteiger charge is -2.13. The van der Waals surface area contributed by atoms with Crippen LogP contribution in [0.3, 0.4) is 0 Å². The van der Waals surface area contributed by atoms with Gasteiger partial charge in [-0.3, -0.25) is 0 Å². The van der Waals surface area contributed by atoms with Gasteiger partial charge in [-0.1, -0.05) is 41.1 Å². The van der Waals surface area contributed by atoms with E-state index >= 15 is 0 Å². The van der Waals surface area contributed by atoms with Gasteiger partial charge in [0.05, 0.1) is 0 Å². The van der Waals surface area contributed by atoms with Gasteiger partial charge in [-0.25, -0.2) is 0 Å². The first-order valence-corrected chi connectivity index (χ1v) is 6.20. The van der Waals surface area contributed by atoms with E-state index < -0.39 is 0 Å². The maximum Gasteiger partial charge on any atom is 0.0310 e. The summed E-state index contributed by atoms with van der Waals surface area (Å²) < 4.78 is 1.20. The van der Waals surface area contributed by atoms with Crippen molar-refractivity contribution in [3.63, 3.8) is 0 Å². The van der Waals surface area contributed by atoms with Gasteiger partial charge in [0, 0.05) is 9.85 Å². The number of benzene rings is 1. The van der Waals surface area contributed by atoms with Crippen molar-refractivity contribution in [2.24, 2.45) is 5.92 Å². The predicted octanol–water partition coefficient (Wildman–Crippen LogP) is 4.65. The average molecular weight is 276 g/mol. The largest absolute Gasteiger partial charge is 0.123 e. The Morgan fingerprint density at radius 2 is 1.93 bits per heavy atom. The number of alkyl halides is 1. The van der Waals surface area contributed by atoms with Crippen LogP contribution in [0.25, 0.3) is 0 Å². The van der Waals surface area contributed by atoms with E-state index in [4.69, 9.17) is 11.6 Å². The van der Waals surface area contributed by atoms with Crippen LogP contribution in [0.15, 0.2) is 28.7 Å². The van der Waals surface area contributed by atoms with Crippen molar-refractivity contribution >= 4 is 27.5 Å². The molecular weight excluding hydrogens is 259 g/mol. The van der Waals surface area contributed by atoms with E-state index in [2.05, 4.69) is 48.0 Å². The third-order valence-corrected chi connectivity index (χ3v) is 3.21. The zero-order chi connectivity index (χ0) is 10.6. The summed E-state index contributed by atoms with van der Waals surface area (Å²) in [5, 5.41) is 0.271. The van der Waals surface area contributed by atoms with Gasteiger partial charge in [-0.2, -0.15) is 0 Å². The summed E-state index contributed by atoms with van der Waals surface area (Å²) in [6, 6.07) is 8.38. The first-order chi connectivity index (χ1) is 6.59. The standard InChI is InChI=1S/C12H16BrCl/c1-9(7-10(2)14)8-11-5-3-4-6-12(11)13/h3-6,9-10H,7-8H2,1-2H3. The van der Waals surface area contributed by atoms with Crippen molar-refractivity contribution in [3.05, 3.63) is 34.3 Å². The molecule has 0 radical (unpaired) electrons. The normalized spacial score (nSPS) is 15.1. The van der Waals surface area contributed by atoms with E-state index in [0.717, 1.165) is 12.8 Å². The van der Waals surface area contributed by atoms with E-state index in [9.17, 15) is 0 Å². The summed E-state index contributed by atoms with van der Waals surface area (Å²) >= 11 is 9.52. The third-order valence-electron chi connectivity index (χ3n) is 2.25. The maximum atomic E-state index is 5.97. The molecule has 0 heterocycles. The molecule has 14 heavy (non-hydrogen) atoms. The second-order valence-corrected chi connectivity index (χ2v) is 5.52. The molecule has 0 aliphatic carbocycles. The highest BCUT2D eigenvalue weighted by Gasteiger charge is 2.08. The minimum absolute atomic E-state index is 0.271. The van der Waals surface area contributed by atoms with Gasteiger partial charge in [-0.15, -0.1) is 11.6 Å². The van der Waals surface area contributed by atoms with Crippen LogP contribution in [0.1, 0.15) is 25.8 Å². The third kappa shape index (κ3) is 4.02. The Morgan fingerprint density at radius 1 is 1.29 bits per heavy atom. The van der Waals surface area contributed by atoms with Crippen molar-refractivity contribution < 1.29 is 0 Å². The first kappa shape index (κ1) is 12.1. The Balaban J connectivity index is 2.56. The van der Waals surface area contributed by atoms with Crippen LogP contribution < -0.4 is 0 Å². The molecule has 0 nitrogen and oxygen atoms in total. The quantitative estimate of drug-likeness (QED) is 0.702. The minimum atomic E-state index is 0.271. The molecular formula is C12H16BrCl. The SMILES string of the molecule is CC(Cl)CC(C)Cc1ccccc1Br. The second-order valence-electron chi connectivity index (χ2n) is 3.92. The monoisotopic (exact) mass is 274 g/mol. The molecule has 2 unspecified atom stereocenters. The number of rotatable bonds is 4. The second kappa shape index (κ2) is 5.77. The van der Waals surface area contributed by atoms with Crippen molar-refractivity contribution in [3.8, 4) is 0 Å². The summed E-state index contributed by atoms with van der Waals surface area (Å²) in [6.07, 6.45) is 2.17. The van der Waals surface area contributed by atoms with Gasteiger partial charge in [-0.05, 0) is 37.3 Å². The molecule has 0 saturated heterocycles. The van der Waals surface area contributed by atoms with Crippen LogP contribution in [-0.4, -0.2) is 5.38 Å². The van der Waals surface area contributed by atoms with E-state index in [1.165, 1.54) is 10.0 Å². The Kier molecular flexibility index (Phi) is 4.97. The van der Waals surface area contributed by atoms with Crippen molar-refractivity contribution in [1.82, 2.24) is 0 Å². The molecule has 0 aliphatic heterocycles. The van der Waals surface area contributed by atoms with Gasteiger partial charge in [0.25, 0.3) is 0 Å². The predicted molar refractivity (Wildman–Crippen MR) is 66.9 cm³/mol. The van der Waals surface area contributed by atoms with Gasteiger partial charge in [0.2, 0.25) is 0 Å². The number of hydrogen-bond acceptors (Lipinski definition) is 0. The summed E-state index contributed by atoms with van der Waals surface area (Å²) in [6.45, 7) is 4.30. The summed E-state index contributed by atoms with van der Waals surface area (Å²) in [7, 11) is 0. The fraction of sp³-hybridized carbons (Fsp3) is 0.500. The van der Waals surface area contributed by atoms with Crippen LogP contribution >= 0.6 is 27.5 Å². The summed E-state index contributed by atoms with van der Waals surface area (Å²) in [5.74, 6) is 0.640. The molecule has 1 aromatic rings. The molecule has 2 heteroatoms. The van der Waals surface area contributed by atoms with Crippen LogP contribution in [0.2, 0.25) is 0 Å². The van der Waals surface area contributed by atoms with Crippen LogP contribution in [-0.2, 0) is 6.42 Å². The smallest absolute Gasteiger partial charge is 0.0310 e. The Morgan fingerprint density at radius 3 is 2.50 bits per heavy atom. The van der Waals surface area contributed by atoms with Crippen molar-refractivity contribution in [2.75, 3.05) is 0 Å². The van der Waals surface area contributed by atoms with Crippen molar-refractivity contribution in [1.29, 1.82) is 0 Å². The lowest BCUT2D eigenvalue weighted by molar-refractivity contribution is 0.526. The van der Waals surface area contributed by atoms with E-state index in [1.54, 1.807) is 0 Å². The molecule has 0 fully saturated rings. The van der Waals surface area contributed by atoms with Crippen LogP contribution in [0, 0.1) is 5.92 Å². The molecule has 0 N–H and O–H groups in total. The fourth-order valence-corrected chi connectivity index (χ4v) is 2.43. The summed E-state index contributed by atoms with van der Waals surface area (Å²) in [5.41, 5.74) is 1.37. The zero-order valence-electron chi connectivity index (χ0n) is 8.63. The molecule has 78 valence electrons. The molecule has 0 saturated carbocycles. The molecule has 0 aliphatic rings. The molecule has 1 rings (SSSR count). The molecule has 0 bridgehead atoms. The molecule has 0 aromatic heterocycles. The van der Waals surface area contributed by atoms with Crippen LogP contribution in [0.4, 0.5) is 0 Å². The molecule has 1 aromatic carbocycles. The average Bonchev–Trinajstić information content (AvgIpc) is 2.07. The Hall–Kier alpha value is -0.0100. The van der Waals surface area contributed by atoms with Gasteiger partial charge in [0.1, 0.15) is 0 Å². The topological polar surface area (TPSA) is 0 Å². The van der Waals surface area contributed by atoms with Gasteiger partial charge in [0.15, 0.2) is 0 Å². The van der Waals surface area contributed by atoms with Gasteiger partial charge >= 0.3 is 0 Å². The lowest BCUT2D eigenvalue weighted by atomic mass is 9.97. The molecule has 0 amide bonds. The summed E-state index contributed by atoms with van der Waals surface area (Å²) in [4.78, 5) is 0. The molecule has 2 atom stereocenters. The number of halogens is 2. The van der Waals surface area contributed by atoms with Gasteiger partial charge < -0.3 is 0 Å². The number of hydrogen-bond donors (Lipinski definition) is 0. The minimum Gasteiger partial charge on any atom is -0.123 e. The molecule has 0 spiro atoms. The van der Waals surface area contributed by atoms with Crippen molar-refractivity contribution in [2.45, 2.75) is 32.1 Å². The highest BCUT2D eigenvalue weighted by Crippen LogP contribution is 2.22. The highest BCUT2D eigenvalue weighted by molar-refractivity contribution is 9.10. The highest BCUT2D eigenvalue weighted by atomic mass is 79.9. The zero-order valence-corrected chi connectivity index (χ0v) is 11.0. The first-order valence-electron chi connectivity index (χ1n) is 4.97. The lowest BCUT2D eigenvalue weighted by Crippen LogP contribution is -2.05. The fourth-order valence-electron chi connectivity index (χ4n) is 1.68. The van der Waals surface area contributed by atoms with E-state index in [-0.39, 0.29) is 5.38 Å². The Labute approximate surface area is 99.8 Å².